The summed E-state index contributed by atoms with van der Waals surface area (Å²) in [6.45, 7) is 1.90. The number of amides is 1. The second kappa shape index (κ2) is 7.31. The summed E-state index contributed by atoms with van der Waals surface area (Å²) in [6.07, 6.45) is 1.72. The van der Waals surface area contributed by atoms with Crippen LogP contribution in [0.2, 0.25) is 0 Å². The third kappa shape index (κ3) is 3.41. The van der Waals surface area contributed by atoms with Crippen LogP contribution in [0.25, 0.3) is 10.9 Å². The number of carbonyl (C=O) groups excluding carboxylic acids is 3. The third-order valence-corrected chi connectivity index (χ3v) is 5.04. The molecular formula is C22H20N2O4. The SMILES string of the molecule is Cc1ccc(N2CC(C(=O)OCC(=O)c3c[nH]c4ccccc34)CC2=O)cc1. The summed E-state index contributed by atoms with van der Waals surface area (Å²) in [6, 6.07) is 15.0. The van der Waals surface area contributed by atoms with Gasteiger partial charge < -0.3 is 14.6 Å². The molecule has 0 radical (unpaired) electrons. The summed E-state index contributed by atoms with van der Waals surface area (Å²) in [5.41, 5.74) is 3.21. The van der Waals surface area contributed by atoms with Gasteiger partial charge in [0.25, 0.3) is 0 Å². The maximum Gasteiger partial charge on any atom is 0.311 e. The van der Waals surface area contributed by atoms with Gasteiger partial charge in [-0.05, 0) is 25.1 Å². The summed E-state index contributed by atoms with van der Waals surface area (Å²) in [5, 5.41) is 0.796. The van der Waals surface area contributed by atoms with Crippen LogP contribution in [0.15, 0.2) is 54.7 Å². The van der Waals surface area contributed by atoms with Crippen molar-refractivity contribution in [2.45, 2.75) is 13.3 Å². The van der Waals surface area contributed by atoms with Crippen LogP contribution in [0.4, 0.5) is 5.69 Å². The van der Waals surface area contributed by atoms with E-state index in [0.717, 1.165) is 22.2 Å². The molecule has 1 amide bonds. The number of aryl methyl sites for hydroxylation is 1. The maximum atomic E-state index is 12.4. The number of nitrogens with zero attached hydrogens (tertiary/aromatic N) is 1. The number of Topliss-reactive ketones (excluding diaryl/α,β-unsaturated/α-hetero) is 1. The van der Waals surface area contributed by atoms with E-state index < -0.39 is 11.9 Å². The lowest BCUT2D eigenvalue weighted by Gasteiger charge is -2.16. The van der Waals surface area contributed by atoms with Gasteiger partial charge >= 0.3 is 5.97 Å². The molecule has 4 rings (SSSR count). The Kier molecular flexibility index (Phi) is 4.69. The van der Waals surface area contributed by atoms with Gasteiger partial charge in [-0.25, -0.2) is 0 Å². The van der Waals surface area contributed by atoms with E-state index in [0.29, 0.717) is 5.56 Å². The van der Waals surface area contributed by atoms with E-state index in [-0.39, 0.29) is 31.3 Å². The quantitative estimate of drug-likeness (QED) is 0.548. The van der Waals surface area contributed by atoms with Crippen LogP contribution < -0.4 is 4.90 Å². The van der Waals surface area contributed by atoms with Crippen LogP contribution in [-0.2, 0) is 14.3 Å². The molecule has 6 nitrogen and oxygen atoms in total. The van der Waals surface area contributed by atoms with Gasteiger partial charge in [0, 0.05) is 41.3 Å². The van der Waals surface area contributed by atoms with Gasteiger partial charge in [0.15, 0.2) is 6.61 Å². The van der Waals surface area contributed by atoms with Crippen molar-refractivity contribution >= 4 is 34.3 Å². The summed E-state index contributed by atoms with van der Waals surface area (Å²) >= 11 is 0. The van der Waals surface area contributed by atoms with Gasteiger partial charge in [-0.1, -0.05) is 35.9 Å². The fourth-order valence-corrected chi connectivity index (χ4v) is 3.47. The van der Waals surface area contributed by atoms with Crippen molar-refractivity contribution in [2.24, 2.45) is 5.92 Å². The predicted molar refractivity (Wildman–Crippen MR) is 105 cm³/mol. The number of esters is 1. The molecule has 3 aromatic rings. The predicted octanol–water partition coefficient (Wildman–Crippen LogP) is 3.26. The Balaban J connectivity index is 1.38. The van der Waals surface area contributed by atoms with E-state index in [1.165, 1.54) is 0 Å². The minimum Gasteiger partial charge on any atom is -0.457 e. The lowest BCUT2D eigenvalue weighted by molar-refractivity contribution is -0.147. The molecule has 1 fully saturated rings. The standard InChI is InChI=1S/C22H20N2O4/c1-14-6-8-16(9-7-14)24-12-15(10-21(24)26)22(27)28-13-20(25)18-11-23-19-5-3-2-4-17(18)19/h2-9,11,15,23H,10,12-13H2,1H3. The molecule has 1 atom stereocenters. The van der Waals surface area contributed by atoms with E-state index >= 15 is 0 Å². The normalized spacial score (nSPS) is 16.5. The van der Waals surface area contributed by atoms with Crippen LogP contribution >= 0.6 is 0 Å². The largest absolute Gasteiger partial charge is 0.457 e. The molecule has 1 N–H and O–H groups in total. The first-order valence-electron chi connectivity index (χ1n) is 9.16. The number of rotatable bonds is 5. The van der Waals surface area contributed by atoms with E-state index in [9.17, 15) is 14.4 Å². The lowest BCUT2D eigenvalue weighted by Crippen LogP contribution is -2.27. The van der Waals surface area contributed by atoms with E-state index in [2.05, 4.69) is 4.98 Å². The van der Waals surface area contributed by atoms with Gasteiger partial charge in [0.05, 0.1) is 5.92 Å². The molecule has 2 aromatic carbocycles. The molecule has 1 aliphatic rings. The zero-order valence-corrected chi connectivity index (χ0v) is 15.5. The highest BCUT2D eigenvalue weighted by molar-refractivity contribution is 6.09. The average Bonchev–Trinajstić information content (AvgIpc) is 3.30. The van der Waals surface area contributed by atoms with Crippen molar-refractivity contribution in [1.29, 1.82) is 0 Å². The molecule has 0 aliphatic carbocycles. The van der Waals surface area contributed by atoms with E-state index in [4.69, 9.17) is 4.74 Å². The molecule has 6 heteroatoms. The molecule has 28 heavy (non-hydrogen) atoms. The number of anilines is 1. The van der Waals surface area contributed by atoms with Crippen LogP contribution in [0.1, 0.15) is 22.3 Å². The van der Waals surface area contributed by atoms with E-state index in [1.807, 2.05) is 55.5 Å². The zero-order valence-electron chi connectivity index (χ0n) is 15.5. The molecule has 0 saturated carbocycles. The van der Waals surface area contributed by atoms with Crippen molar-refractivity contribution in [3.8, 4) is 0 Å². The van der Waals surface area contributed by atoms with Crippen LogP contribution in [0.5, 0.6) is 0 Å². The van der Waals surface area contributed by atoms with Crippen molar-refractivity contribution in [1.82, 2.24) is 4.98 Å². The number of carbonyl (C=O) groups is 3. The molecule has 0 bridgehead atoms. The number of fused-ring (bicyclic) bond motifs is 1. The third-order valence-electron chi connectivity index (χ3n) is 5.04. The second-order valence-electron chi connectivity index (χ2n) is 7.02. The number of hydrogen-bond donors (Lipinski definition) is 1. The molecule has 2 heterocycles. The molecule has 1 unspecified atom stereocenters. The van der Waals surface area contributed by atoms with Crippen LogP contribution in [0, 0.1) is 12.8 Å². The fourth-order valence-electron chi connectivity index (χ4n) is 3.47. The number of hydrogen-bond acceptors (Lipinski definition) is 4. The van der Waals surface area contributed by atoms with Gasteiger partial charge in [0.2, 0.25) is 11.7 Å². The van der Waals surface area contributed by atoms with Crippen molar-refractivity contribution < 1.29 is 19.1 Å². The topological polar surface area (TPSA) is 79.5 Å². The summed E-state index contributed by atoms with van der Waals surface area (Å²) in [5.74, 6) is -1.47. The molecule has 142 valence electrons. The Bertz CT molecular complexity index is 1050. The van der Waals surface area contributed by atoms with Gasteiger partial charge in [-0.3, -0.25) is 14.4 Å². The smallest absolute Gasteiger partial charge is 0.311 e. The fraction of sp³-hybridized carbons (Fsp3) is 0.227. The highest BCUT2D eigenvalue weighted by atomic mass is 16.5. The summed E-state index contributed by atoms with van der Waals surface area (Å²) < 4.78 is 5.23. The number of para-hydroxylation sites is 1. The second-order valence-corrected chi connectivity index (χ2v) is 7.02. The van der Waals surface area contributed by atoms with Gasteiger partial charge in [-0.2, -0.15) is 0 Å². The number of ketones is 1. The average molecular weight is 376 g/mol. The zero-order chi connectivity index (χ0) is 19.7. The number of aromatic amines is 1. The number of aromatic nitrogens is 1. The molecule has 1 aromatic heterocycles. The van der Waals surface area contributed by atoms with Crippen molar-refractivity contribution in [2.75, 3.05) is 18.1 Å². The number of benzene rings is 2. The van der Waals surface area contributed by atoms with Crippen LogP contribution in [-0.4, -0.2) is 35.8 Å². The Morgan fingerprint density at radius 2 is 1.89 bits per heavy atom. The summed E-state index contributed by atoms with van der Waals surface area (Å²) in [4.78, 5) is 41.8. The Labute approximate surface area is 162 Å². The number of ether oxygens (including phenoxy) is 1. The first kappa shape index (κ1) is 18.0. The monoisotopic (exact) mass is 376 g/mol. The Morgan fingerprint density at radius 1 is 1.14 bits per heavy atom. The minimum absolute atomic E-state index is 0.0913. The number of nitrogens with one attached hydrogen (secondary N) is 1. The molecular weight excluding hydrogens is 356 g/mol. The maximum absolute atomic E-state index is 12.4. The molecule has 0 spiro atoms. The van der Waals surface area contributed by atoms with Crippen molar-refractivity contribution in [3.05, 3.63) is 65.9 Å². The van der Waals surface area contributed by atoms with Crippen molar-refractivity contribution in [3.63, 3.8) is 0 Å². The first-order valence-corrected chi connectivity index (χ1v) is 9.16. The van der Waals surface area contributed by atoms with Gasteiger partial charge in [-0.15, -0.1) is 0 Å². The molecule has 1 aliphatic heterocycles. The van der Waals surface area contributed by atoms with Gasteiger partial charge in [0.1, 0.15) is 0 Å². The highest BCUT2D eigenvalue weighted by Crippen LogP contribution is 2.26. The minimum atomic E-state index is -0.565. The molecule has 1 saturated heterocycles. The number of H-pyrrole nitrogens is 1. The van der Waals surface area contributed by atoms with Crippen LogP contribution in [0.3, 0.4) is 0 Å². The lowest BCUT2D eigenvalue weighted by atomic mass is 10.1. The highest BCUT2D eigenvalue weighted by Gasteiger charge is 2.36. The summed E-state index contributed by atoms with van der Waals surface area (Å²) in [7, 11) is 0. The Morgan fingerprint density at radius 3 is 2.68 bits per heavy atom. The van der Waals surface area contributed by atoms with E-state index in [1.54, 1.807) is 11.1 Å². The first-order chi connectivity index (χ1) is 13.5. The Hall–Kier alpha value is -3.41.